The van der Waals surface area contributed by atoms with Crippen molar-refractivity contribution in [2.24, 2.45) is 0 Å². The molecule has 1 unspecified atom stereocenters. The van der Waals surface area contributed by atoms with Gasteiger partial charge in [0.25, 0.3) is 0 Å². The van der Waals surface area contributed by atoms with Gasteiger partial charge in [0.05, 0.1) is 10.7 Å². The monoisotopic (exact) mass is 258 g/mol. The lowest BCUT2D eigenvalue weighted by atomic mass is 10.1. The van der Waals surface area contributed by atoms with E-state index in [2.05, 4.69) is 10.6 Å². The summed E-state index contributed by atoms with van der Waals surface area (Å²) in [5.41, 5.74) is 0.918. The van der Waals surface area contributed by atoms with Gasteiger partial charge in [0.1, 0.15) is 0 Å². The fourth-order valence-electron chi connectivity index (χ4n) is 1.96. The summed E-state index contributed by atoms with van der Waals surface area (Å²) in [5, 5.41) is 8.26. The smallest absolute Gasteiger partial charge is 0.0638 e. The first-order valence-corrected chi connectivity index (χ1v) is 6.43. The van der Waals surface area contributed by atoms with Crippen LogP contribution in [-0.4, -0.2) is 19.1 Å². The van der Waals surface area contributed by atoms with Crippen LogP contribution in [0.25, 0.3) is 0 Å². The van der Waals surface area contributed by atoms with Crippen LogP contribution < -0.4 is 10.6 Å². The molecule has 1 aromatic carbocycles. The Hall–Kier alpha value is -0.440. The summed E-state index contributed by atoms with van der Waals surface area (Å²) in [4.78, 5) is 0. The van der Waals surface area contributed by atoms with E-state index in [0.29, 0.717) is 11.1 Å². The van der Waals surface area contributed by atoms with Gasteiger partial charge in [-0.15, -0.1) is 0 Å². The summed E-state index contributed by atoms with van der Waals surface area (Å²) < 4.78 is 0. The molecular weight excluding hydrogens is 243 g/mol. The Morgan fingerprint density at radius 1 is 1.31 bits per heavy atom. The van der Waals surface area contributed by atoms with Gasteiger partial charge in [-0.3, -0.25) is 0 Å². The van der Waals surface area contributed by atoms with E-state index in [-0.39, 0.29) is 0 Å². The van der Waals surface area contributed by atoms with E-state index in [9.17, 15) is 0 Å². The minimum Gasteiger partial charge on any atom is -0.382 e. The summed E-state index contributed by atoms with van der Waals surface area (Å²) in [7, 11) is 0. The average molecular weight is 259 g/mol. The molecule has 1 heterocycles. The molecule has 0 aliphatic carbocycles. The molecule has 2 rings (SSSR count). The van der Waals surface area contributed by atoms with Crippen LogP contribution in [0.5, 0.6) is 0 Å². The Balaban J connectivity index is 1.90. The second kappa shape index (κ2) is 5.76. The Kier molecular flexibility index (Phi) is 4.33. The second-order valence-electron chi connectivity index (χ2n) is 4.15. The molecule has 1 atom stereocenters. The molecule has 1 aromatic rings. The molecule has 0 bridgehead atoms. The molecule has 0 radical (unpaired) electrons. The normalized spacial score (nSPS) is 20.8. The number of halogens is 2. The zero-order chi connectivity index (χ0) is 11.4. The molecule has 88 valence electrons. The van der Waals surface area contributed by atoms with Crippen LogP contribution >= 0.6 is 23.2 Å². The van der Waals surface area contributed by atoms with E-state index >= 15 is 0 Å². The third kappa shape index (κ3) is 3.27. The van der Waals surface area contributed by atoms with Gasteiger partial charge in [0.15, 0.2) is 0 Å². The van der Waals surface area contributed by atoms with Gasteiger partial charge in [0.2, 0.25) is 0 Å². The van der Waals surface area contributed by atoms with Crippen molar-refractivity contribution in [1.29, 1.82) is 0 Å². The predicted octanol–water partition coefficient (Wildman–Crippen LogP) is 3.55. The van der Waals surface area contributed by atoms with Crippen LogP contribution in [0.4, 0.5) is 5.69 Å². The predicted molar refractivity (Wildman–Crippen MR) is 70.6 cm³/mol. The molecule has 0 spiro atoms. The number of anilines is 1. The average Bonchev–Trinajstić information content (AvgIpc) is 2.32. The number of hydrogen-bond acceptors (Lipinski definition) is 2. The highest BCUT2D eigenvalue weighted by molar-refractivity contribution is 6.35. The van der Waals surface area contributed by atoms with Crippen molar-refractivity contribution in [1.82, 2.24) is 5.32 Å². The molecular formula is C12H16Cl2N2. The maximum atomic E-state index is 6.07. The van der Waals surface area contributed by atoms with E-state index in [1.165, 1.54) is 19.3 Å². The largest absolute Gasteiger partial charge is 0.382 e. The Morgan fingerprint density at radius 2 is 2.19 bits per heavy atom. The lowest BCUT2D eigenvalue weighted by molar-refractivity contribution is 0.414. The van der Waals surface area contributed by atoms with E-state index in [1.54, 1.807) is 6.07 Å². The molecule has 1 fully saturated rings. The van der Waals surface area contributed by atoms with Gasteiger partial charge < -0.3 is 10.6 Å². The highest BCUT2D eigenvalue weighted by Gasteiger charge is 2.12. The number of nitrogens with one attached hydrogen (secondary N) is 2. The third-order valence-corrected chi connectivity index (χ3v) is 3.44. The number of benzene rings is 1. The van der Waals surface area contributed by atoms with Crippen LogP contribution in [0.3, 0.4) is 0 Å². The van der Waals surface area contributed by atoms with Crippen molar-refractivity contribution in [3.63, 3.8) is 0 Å². The third-order valence-electron chi connectivity index (χ3n) is 2.88. The molecule has 1 aliphatic heterocycles. The summed E-state index contributed by atoms with van der Waals surface area (Å²) >= 11 is 12.0. The first-order chi connectivity index (χ1) is 7.75. The molecule has 1 saturated heterocycles. The van der Waals surface area contributed by atoms with Gasteiger partial charge >= 0.3 is 0 Å². The quantitative estimate of drug-likeness (QED) is 0.867. The minimum atomic E-state index is 0.545. The summed E-state index contributed by atoms with van der Waals surface area (Å²) in [6.45, 7) is 2.02. The Labute approximate surface area is 106 Å². The zero-order valence-electron chi connectivity index (χ0n) is 9.10. The maximum Gasteiger partial charge on any atom is 0.0638 e. The minimum absolute atomic E-state index is 0.545. The lowest BCUT2D eigenvalue weighted by Gasteiger charge is -2.24. The van der Waals surface area contributed by atoms with Gasteiger partial charge in [-0.1, -0.05) is 29.6 Å². The van der Waals surface area contributed by atoms with Crippen LogP contribution in [0, 0.1) is 0 Å². The number of hydrogen-bond donors (Lipinski definition) is 2. The summed E-state index contributed by atoms with van der Waals surface area (Å²) in [6, 6.07) is 6.03. The maximum absolute atomic E-state index is 6.07. The number of piperidine rings is 1. The second-order valence-corrected chi connectivity index (χ2v) is 5.00. The van der Waals surface area contributed by atoms with Crippen LogP contribution in [-0.2, 0) is 0 Å². The first-order valence-electron chi connectivity index (χ1n) is 5.68. The Morgan fingerprint density at radius 3 is 2.94 bits per heavy atom. The van der Waals surface area contributed by atoms with Crippen molar-refractivity contribution < 1.29 is 0 Å². The molecule has 16 heavy (non-hydrogen) atoms. The van der Waals surface area contributed by atoms with Gasteiger partial charge in [-0.25, -0.2) is 0 Å². The zero-order valence-corrected chi connectivity index (χ0v) is 10.6. The fraction of sp³-hybridized carbons (Fsp3) is 0.500. The lowest BCUT2D eigenvalue weighted by Crippen LogP contribution is -2.39. The molecule has 4 heteroatoms. The molecule has 2 N–H and O–H groups in total. The first kappa shape index (κ1) is 12.0. The van der Waals surface area contributed by atoms with Crippen molar-refractivity contribution in [3.8, 4) is 0 Å². The van der Waals surface area contributed by atoms with Crippen LogP contribution in [0.2, 0.25) is 10.0 Å². The molecule has 0 amide bonds. The van der Waals surface area contributed by atoms with Gasteiger partial charge in [-0.05, 0) is 37.6 Å². The van der Waals surface area contributed by atoms with Crippen molar-refractivity contribution in [3.05, 3.63) is 28.2 Å². The molecule has 0 saturated carbocycles. The number of rotatable bonds is 3. The highest BCUT2D eigenvalue weighted by Crippen LogP contribution is 2.25. The topological polar surface area (TPSA) is 24.1 Å². The van der Waals surface area contributed by atoms with Crippen molar-refractivity contribution in [2.75, 3.05) is 18.4 Å². The molecule has 2 nitrogen and oxygen atoms in total. The van der Waals surface area contributed by atoms with Crippen molar-refractivity contribution in [2.45, 2.75) is 25.3 Å². The van der Waals surface area contributed by atoms with E-state index in [1.807, 2.05) is 12.1 Å². The molecule has 1 aliphatic rings. The van der Waals surface area contributed by atoms with E-state index in [0.717, 1.165) is 23.8 Å². The fourth-order valence-corrected chi connectivity index (χ4v) is 2.32. The highest BCUT2D eigenvalue weighted by atomic mass is 35.5. The van der Waals surface area contributed by atoms with Gasteiger partial charge in [0, 0.05) is 17.6 Å². The Bertz CT molecular complexity index is 349. The molecule has 0 aromatic heterocycles. The van der Waals surface area contributed by atoms with Crippen molar-refractivity contribution >= 4 is 28.9 Å². The van der Waals surface area contributed by atoms with Crippen LogP contribution in [0.1, 0.15) is 19.3 Å². The van der Waals surface area contributed by atoms with E-state index in [4.69, 9.17) is 23.2 Å². The standard InChI is InChI=1S/C12H16Cl2N2/c13-9-4-5-11(14)12(7-9)16-8-10-3-1-2-6-15-10/h4-5,7,10,15-16H,1-3,6,8H2. The van der Waals surface area contributed by atoms with Gasteiger partial charge in [-0.2, -0.15) is 0 Å². The van der Waals surface area contributed by atoms with E-state index < -0.39 is 0 Å². The summed E-state index contributed by atoms with van der Waals surface area (Å²) in [6.07, 6.45) is 3.82. The SMILES string of the molecule is Clc1ccc(Cl)c(NCC2CCCCN2)c1. The summed E-state index contributed by atoms with van der Waals surface area (Å²) in [5.74, 6) is 0. The van der Waals surface area contributed by atoms with Crippen LogP contribution in [0.15, 0.2) is 18.2 Å².